The van der Waals surface area contributed by atoms with Crippen LogP contribution in [0.5, 0.6) is 0 Å². The lowest BCUT2D eigenvalue weighted by atomic mass is 9.34. The van der Waals surface area contributed by atoms with Gasteiger partial charge in [-0.05, 0) is 115 Å². The van der Waals surface area contributed by atoms with Crippen LogP contribution in [0.1, 0.15) is 71.6 Å². The van der Waals surface area contributed by atoms with Crippen molar-refractivity contribution in [2.75, 3.05) is 6.61 Å². The molecule has 6 fully saturated rings. The van der Waals surface area contributed by atoms with Gasteiger partial charge >= 0.3 is 5.97 Å². The van der Waals surface area contributed by atoms with Crippen molar-refractivity contribution in [3.8, 4) is 0 Å². The molecular weight excluding hydrogens is 348 g/mol. The second-order valence-electron chi connectivity index (χ2n) is 12.3. The summed E-state index contributed by atoms with van der Waals surface area (Å²) in [6.07, 6.45) is 13.5. The van der Waals surface area contributed by atoms with E-state index in [0.29, 0.717) is 34.2 Å². The molecule has 0 amide bonds. The number of cyclic esters (lactones) is 1. The van der Waals surface area contributed by atoms with Gasteiger partial charge in [-0.15, -0.1) is 0 Å². The zero-order valence-corrected chi connectivity index (χ0v) is 17.4. The van der Waals surface area contributed by atoms with Crippen molar-refractivity contribution in [3.05, 3.63) is 11.6 Å². The van der Waals surface area contributed by atoms with Crippen LogP contribution in [0.15, 0.2) is 11.6 Å². The van der Waals surface area contributed by atoms with Gasteiger partial charge in [-0.2, -0.15) is 0 Å². The summed E-state index contributed by atoms with van der Waals surface area (Å²) in [7, 11) is 0. The van der Waals surface area contributed by atoms with E-state index in [-0.39, 0.29) is 12.1 Å². The molecule has 2 spiro atoms. The number of hydrogen-bond acceptors (Lipinski definition) is 3. The van der Waals surface area contributed by atoms with Gasteiger partial charge in [0.15, 0.2) is 0 Å². The van der Waals surface area contributed by atoms with Crippen molar-refractivity contribution >= 4 is 5.97 Å². The first-order valence-electron chi connectivity index (χ1n) is 11.9. The Labute approximate surface area is 168 Å². The summed E-state index contributed by atoms with van der Waals surface area (Å²) in [5, 5.41) is 10.4. The van der Waals surface area contributed by atoms with Gasteiger partial charge in [-0.1, -0.05) is 13.8 Å². The summed E-state index contributed by atoms with van der Waals surface area (Å²) >= 11 is 0. The summed E-state index contributed by atoms with van der Waals surface area (Å²) in [4.78, 5) is 11.7. The number of aliphatic hydroxyl groups is 1. The molecule has 0 bridgehead atoms. The molecule has 3 heteroatoms. The third kappa shape index (κ3) is 1.53. The van der Waals surface area contributed by atoms with Crippen LogP contribution < -0.4 is 0 Å². The number of carbonyl (C=O) groups is 1. The maximum Gasteiger partial charge on any atom is 0.331 e. The lowest BCUT2D eigenvalue weighted by molar-refractivity contribution is -0.221. The molecule has 7 rings (SSSR count). The molecule has 7 unspecified atom stereocenters. The number of rotatable bonds is 1. The smallest absolute Gasteiger partial charge is 0.331 e. The minimum absolute atomic E-state index is 0.0354. The Balaban J connectivity index is 1.24. The first kappa shape index (κ1) is 16.9. The Bertz CT molecular complexity index is 817. The molecule has 1 N–H and O–H groups in total. The highest BCUT2D eigenvalue weighted by Crippen LogP contribution is 2.90. The van der Waals surface area contributed by atoms with Gasteiger partial charge in [0.25, 0.3) is 0 Å². The highest BCUT2D eigenvalue weighted by molar-refractivity contribution is 5.85. The van der Waals surface area contributed by atoms with Crippen molar-refractivity contribution in [3.63, 3.8) is 0 Å². The Morgan fingerprint density at radius 2 is 1.86 bits per heavy atom. The normalized spacial score (nSPS) is 63.2. The molecule has 0 aromatic heterocycles. The highest BCUT2D eigenvalue weighted by Gasteiger charge is 2.84. The van der Waals surface area contributed by atoms with Crippen LogP contribution in [0.4, 0.5) is 0 Å². The van der Waals surface area contributed by atoms with Crippen LogP contribution in [-0.4, -0.2) is 23.8 Å². The van der Waals surface area contributed by atoms with Gasteiger partial charge in [0.05, 0.1) is 6.10 Å². The standard InChI is InChI=1S/C25H34O3/c1-22-6-4-18-19(5-7-24-12-16(26)10-15(24)11-23(18,24)2)25(22)8-3-17(21(22)25)14-9-20(27)28-13-14/h9,15-19,21,26H,3-8,10-13H2,1-2H3/t15?,16?,17?,18?,19?,21-,22-,23?,24+,25?/m0/s1. The average Bonchev–Trinajstić information content (AvgIpc) is 3.04. The van der Waals surface area contributed by atoms with E-state index in [1.54, 1.807) is 0 Å². The summed E-state index contributed by atoms with van der Waals surface area (Å²) in [5.41, 5.74) is 3.29. The van der Waals surface area contributed by atoms with Crippen LogP contribution >= 0.6 is 0 Å². The van der Waals surface area contributed by atoms with E-state index < -0.39 is 0 Å². The molecule has 0 aromatic carbocycles. The number of ether oxygens (including phenoxy) is 1. The summed E-state index contributed by atoms with van der Waals surface area (Å²) in [5.74, 6) is 3.83. The van der Waals surface area contributed by atoms with Crippen molar-refractivity contribution in [2.45, 2.75) is 77.7 Å². The predicted octanol–water partition coefficient (Wildman–Crippen LogP) is 4.49. The molecule has 6 saturated carbocycles. The summed E-state index contributed by atoms with van der Waals surface area (Å²) < 4.78 is 5.29. The lowest BCUT2D eigenvalue weighted by Gasteiger charge is -2.70. The van der Waals surface area contributed by atoms with Crippen LogP contribution in [-0.2, 0) is 9.53 Å². The number of carbonyl (C=O) groups excluding carboxylic acids is 1. The first-order valence-corrected chi connectivity index (χ1v) is 11.9. The molecule has 0 radical (unpaired) electrons. The molecule has 3 nitrogen and oxygen atoms in total. The van der Waals surface area contributed by atoms with Crippen molar-refractivity contribution in [1.82, 2.24) is 0 Å². The Morgan fingerprint density at radius 3 is 2.61 bits per heavy atom. The van der Waals surface area contributed by atoms with Crippen LogP contribution in [0, 0.1) is 51.2 Å². The Hall–Kier alpha value is -0.830. The third-order valence-corrected chi connectivity index (χ3v) is 12.2. The highest BCUT2D eigenvalue weighted by atomic mass is 16.5. The SMILES string of the molecule is CC12CC3CC(O)C[C@]31CCC1C2CC[C@@]2(C)[C@@H]3C(C4=CC(=O)OC4)CCC132. The van der Waals surface area contributed by atoms with E-state index >= 15 is 0 Å². The topological polar surface area (TPSA) is 46.5 Å². The lowest BCUT2D eigenvalue weighted by Crippen LogP contribution is -2.63. The van der Waals surface area contributed by atoms with E-state index in [1.165, 1.54) is 50.5 Å². The quantitative estimate of drug-likeness (QED) is 0.680. The molecule has 1 aliphatic heterocycles. The maximum absolute atomic E-state index is 11.7. The van der Waals surface area contributed by atoms with E-state index in [1.807, 2.05) is 6.08 Å². The molecule has 28 heavy (non-hydrogen) atoms. The fourth-order valence-electron chi connectivity index (χ4n) is 11.4. The molecule has 152 valence electrons. The monoisotopic (exact) mass is 382 g/mol. The van der Waals surface area contributed by atoms with Crippen molar-refractivity contribution in [2.24, 2.45) is 51.2 Å². The van der Waals surface area contributed by atoms with E-state index in [9.17, 15) is 9.90 Å². The van der Waals surface area contributed by atoms with Gasteiger partial charge in [0.1, 0.15) is 6.61 Å². The maximum atomic E-state index is 11.7. The number of hydrogen-bond donors (Lipinski definition) is 1. The van der Waals surface area contributed by atoms with Crippen LogP contribution in [0.2, 0.25) is 0 Å². The number of fused-ring (bicyclic) bond motifs is 3. The second-order valence-corrected chi connectivity index (χ2v) is 12.3. The van der Waals surface area contributed by atoms with Gasteiger partial charge in [0.2, 0.25) is 0 Å². The minimum atomic E-state index is -0.116. The summed E-state index contributed by atoms with van der Waals surface area (Å²) in [6, 6.07) is 0. The fourth-order valence-corrected chi connectivity index (χ4v) is 11.4. The summed E-state index contributed by atoms with van der Waals surface area (Å²) in [6.45, 7) is 5.77. The predicted molar refractivity (Wildman–Crippen MR) is 105 cm³/mol. The van der Waals surface area contributed by atoms with Crippen molar-refractivity contribution < 1.29 is 14.6 Å². The molecule has 0 aromatic rings. The average molecular weight is 383 g/mol. The van der Waals surface area contributed by atoms with E-state index in [4.69, 9.17) is 4.74 Å². The van der Waals surface area contributed by atoms with E-state index in [2.05, 4.69) is 13.8 Å². The largest absolute Gasteiger partial charge is 0.458 e. The second kappa shape index (κ2) is 4.74. The van der Waals surface area contributed by atoms with Gasteiger partial charge in [-0.25, -0.2) is 4.79 Å². The Morgan fingerprint density at radius 1 is 1.04 bits per heavy atom. The van der Waals surface area contributed by atoms with Crippen LogP contribution in [0.25, 0.3) is 0 Å². The molecule has 1 heterocycles. The van der Waals surface area contributed by atoms with Gasteiger partial charge in [0, 0.05) is 6.08 Å². The zero-order valence-electron chi connectivity index (χ0n) is 17.4. The van der Waals surface area contributed by atoms with Gasteiger partial charge < -0.3 is 9.84 Å². The third-order valence-electron chi connectivity index (χ3n) is 12.2. The Kier molecular flexibility index (Phi) is 2.86. The van der Waals surface area contributed by atoms with E-state index in [0.717, 1.165) is 36.5 Å². The molecule has 10 atom stereocenters. The number of esters is 1. The molecule has 7 aliphatic rings. The minimum Gasteiger partial charge on any atom is -0.458 e. The molecule has 6 aliphatic carbocycles. The molecule has 0 saturated heterocycles. The first-order chi connectivity index (χ1) is 13.4. The number of aliphatic hydroxyl groups excluding tert-OH is 1. The zero-order chi connectivity index (χ0) is 19.1. The van der Waals surface area contributed by atoms with Crippen LogP contribution in [0.3, 0.4) is 0 Å². The fraction of sp³-hybridized carbons (Fsp3) is 0.880. The van der Waals surface area contributed by atoms with Gasteiger partial charge in [-0.3, -0.25) is 0 Å². The van der Waals surface area contributed by atoms with Crippen molar-refractivity contribution in [1.29, 1.82) is 0 Å². The molecular formula is C25H34O3.